The summed E-state index contributed by atoms with van der Waals surface area (Å²) in [7, 11) is 0. The summed E-state index contributed by atoms with van der Waals surface area (Å²) in [6.45, 7) is 6.85. The number of rotatable bonds is 12. The number of alkyl halides is 1. The molecule has 20 heavy (non-hydrogen) atoms. The van der Waals surface area contributed by atoms with E-state index in [1.165, 1.54) is 0 Å². The first-order valence-electron chi connectivity index (χ1n) is 8.02. The lowest BCUT2D eigenvalue weighted by Gasteiger charge is -2.32. The molecule has 1 atom stereocenters. The minimum Gasteiger partial charge on any atom is -0.466 e. The van der Waals surface area contributed by atoms with E-state index in [1.807, 2.05) is 0 Å². The van der Waals surface area contributed by atoms with E-state index in [-0.39, 0.29) is 15.8 Å². The van der Waals surface area contributed by atoms with E-state index in [0.29, 0.717) is 6.61 Å². The van der Waals surface area contributed by atoms with Crippen molar-refractivity contribution >= 4 is 28.6 Å². The van der Waals surface area contributed by atoms with Crippen molar-refractivity contribution in [3.05, 3.63) is 0 Å². The quantitative estimate of drug-likeness (QED) is 0.226. The Morgan fingerprint density at radius 3 is 2.05 bits per heavy atom. The maximum absolute atomic E-state index is 11.7. The number of unbranched alkanes of at least 4 members (excludes halogenated alkanes) is 3. The largest absolute Gasteiger partial charge is 0.466 e. The molecule has 120 valence electrons. The maximum atomic E-state index is 11.7. The first kappa shape index (κ1) is 20.2. The second-order valence-electron chi connectivity index (χ2n) is 5.54. The number of aliphatic hydroxyl groups is 1. The Balaban J connectivity index is 4.37. The fourth-order valence-corrected chi connectivity index (χ4v) is 3.11. The molecule has 0 aromatic rings. The number of carbonyl (C=O) groups is 1. The molecule has 0 bridgehead atoms. The van der Waals surface area contributed by atoms with Crippen LogP contribution in [0.2, 0.25) is 0 Å². The molecule has 0 aliphatic carbocycles. The zero-order valence-electron chi connectivity index (χ0n) is 13.3. The van der Waals surface area contributed by atoms with Crippen molar-refractivity contribution in [2.24, 2.45) is 0 Å². The number of hydrogen-bond donors (Lipinski definition) is 1. The molecule has 0 aromatic carbocycles. The molecule has 0 radical (unpaired) electrons. The van der Waals surface area contributed by atoms with E-state index in [4.69, 9.17) is 4.74 Å². The van der Waals surface area contributed by atoms with E-state index in [9.17, 15) is 9.90 Å². The summed E-state index contributed by atoms with van der Waals surface area (Å²) < 4.78 is 4.97. The zero-order valence-corrected chi connectivity index (χ0v) is 15.4. The molecule has 0 amide bonds. The Morgan fingerprint density at radius 1 is 1.10 bits per heavy atom. The zero-order chi connectivity index (χ0) is 15.4. The van der Waals surface area contributed by atoms with Gasteiger partial charge in [0.25, 0.3) is 0 Å². The molecule has 1 N–H and O–H groups in total. The predicted octanol–water partition coefficient (Wildman–Crippen LogP) is 4.63. The molecule has 0 aliphatic heterocycles. The van der Waals surface area contributed by atoms with Crippen LogP contribution in [0, 0.1) is 0 Å². The predicted molar refractivity (Wildman–Crippen MR) is 92.3 cm³/mol. The van der Waals surface area contributed by atoms with Gasteiger partial charge in [0, 0.05) is 3.42 Å². The Bertz CT molecular complexity index is 248. The first-order chi connectivity index (χ1) is 9.50. The molecule has 0 fully saturated rings. The van der Waals surface area contributed by atoms with Crippen LogP contribution in [0.15, 0.2) is 0 Å². The summed E-state index contributed by atoms with van der Waals surface area (Å²) >= 11 is 2.37. The van der Waals surface area contributed by atoms with Crippen LogP contribution >= 0.6 is 22.6 Å². The monoisotopic (exact) mass is 398 g/mol. The average Bonchev–Trinajstić information content (AvgIpc) is 2.43. The molecular formula is C16H31IO3. The van der Waals surface area contributed by atoms with Gasteiger partial charge in [-0.25, -0.2) is 0 Å². The van der Waals surface area contributed by atoms with Crippen LogP contribution in [0.5, 0.6) is 0 Å². The van der Waals surface area contributed by atoms with Crippen LogP contribution in [0.25, 0.3) is 0 Å². The van der Waals surface area contributed by atoms with Crippen LogP contribution in [0.3, 0.4) is 0 Å². The molecule has 4 heteroatoms. The number of esters is 1. The van der Waals surface area contributed by atoms with Gasteiger partial charge in [0.05, 0.1) is 19.1 Å². The molecule has 0 aliphatic rings. The van der Waals surface area contributed by atoms with E-state index in [2.05, 4.69) is 43.4 Å². The summed E-state index contributed by atoms with van der Waals surface area (Å²) in [6.07, 6.45) is 7.77. The van der Waals surface area contributed by atoms with E-state index >= 15 is 0 Å². The van der Waals surface area contributed by atoms with Crippen molar-refractivity contribution in [2.45, 2.75) is 88.1 Å². The Labute approximate surface area is 138 Å². The molecule has 0 spiro atoms. The van der Waals surface area contributed by atoms with Gasteiger partial charge >= 0.3 is 5.97 Å². The minimum absolute atomic E-state index is 0.125. The Hall–Kier alpha value is 0.160. The van der Waals surface area contributed by atoms with Crippen LogP contribution in [-0.2, 0) is 9.53 Å². The molecule has 3 nitrogen and oxygen atoms in total. The van der Waals surface area contributed by atoms with Crippen molar-refractivity contribution in [1.29, 1.82) is 0 Å². The SMILES string of the molecule is CCCCOC(=O)CC(O)C(I)(CCCC)CCCC. The smallest absolute Gasteiger partial charge is 0.308 e. The number of hydrogen-bond acceptors (Lipinski definition) is 3. The van der Waals surface area contributed by atoms with Crippen molar-refractivity contribution in [3.63, 3.8) is 0 Å². The maximum Gasteiger partial charge on any atom is 0.308 e. The molecule has 0 rings (SSSR count). The van der Waals surface area contributed by atoms with Crippen LogP contribution < -0.4 is 0 Å². The number of ether oxygens (including phenoxy) is 1. The van der Waals surface area contributed by atoms with Crippen molar-refractivity contribution < 1.29 is 14.6 Å². The molecule has 0 heterocycles. The normalized spacial score (nSPS) is 13.2. The highest BCUT2D eigenvalue weighted by molar-refractivity contribution is 14.1. The van der Waals surface area contributed by atoms with Gasteiger partial charge in [-0.1, -0.05) is 75.5 Å². The summed E-state index contributed by atoms with van der Waals surface area (Å²) in [5, 5.41) is 10.4. The van der Waals surface area contributed by atoms with Crippen molar-refractivity contribution in [1.82, 2.24) is 0 Å². The van der Waals surface area contributed by atoms with Crippen molar-refractivity contribution in [2.75, 3.05) is 6.61 Å². The van der Waals surface area contributed by atoms with Gasteiger partial charge in [-0.3, -0.25) is 4.79 Å². The third-order valence-electron chi connectivity index (χ3n) is 3.61. The molecule has 0 saturated carbocycles. The second-order valence-corrected chi connectivity index (χ2v) is 7.68. The molecule has 0 saturated heterocycles. The summed E-state index contributed by atoms with van der Waals surface area (Å²) in [6, 6.07) is 0. The van der Waals surface area contributed by atoms with Crippen molar-refractivity contribution in [3.8, 4) is 0 Å². The molecule has 1 unspecified atom stereocenters. The van der Waals surface area contributed by atoms with Gasteiger partial charge in [-0.2, -0.15) is 0 Å². The van der Waals surface area contributed by atoms with Gasteiger partial charge < -0.3 is 9.84 Å². The fourth-order valence-electron chi connectivity index (χ4n) is 2.13. The van der Waals surface area contributed by atoms with Gasteiger partial charge in [0.15, 0.2) is 0 Å². The summed E-state index contributed by atoms with van der Waals surface area (Å²) in [5.74, 6) is -0.264. The van der Waals surface area contributed by atoms with Gasteiger partial charge in [-0.15, -0.1) is 0 Å². The third kappa shape index (κ3) is 8.45. The highest BCUT2D eigenvalue weighted by Crippen LogP contribution is 2.36. The Morgan fingerprint density at radius 2 is 1.60 bits per heavy atom. The van der Waals surface area contributed by atoms with E-state index < -0.39 is 6.10 Å². The van der Waals surface area contributed by atoms with Crippen LogP contribution in [-0.4, -0.2) is 27.2 Å². The first-order valence-corrected chi connectivity index (χ1v) is 9.10. The summed E-state index contributed by atoms with van der Waals surface area (Å²) in [4.78, 5) is 11.7. The lowest BCUT2D eigenvalue weighted by atomic mass is 9.89. The Kier molecular flexibility index (Phi) is 11.9. The molecule has 0 aromatic heterocycles. The number of aliphatic hydroxyl groups excluding tert-OH is 1. The molecular weight excluding hydrogens is 367 g/mol. The van der Waals surface area contributed by atoms with Crippen LogP contribution in [0.1, 0.15) is 78.6 Å². The second kappa shape index (κ2) is 11.8. The van der Waals surface area contributed by atoms with E-state index in [1.54, 1.807) is 0 Å². The lowest BCUT2D eigenvalue weighted by molar-refractivity contribution is -0.146. The number of halogens is 1. The van der Waals surface area contributed by atoms with Crippen LogP contribution in [0.4, 0.5) is 0 Å². The van der Waals surface area contributed by atoms with E-state index in [0.717, 1.165) is 51.4 Å². The van der Waals surface area contributed by atoms with Gasteiger partial charge in [0.2, 0.25) is 0 Å². The minimum atomic E-state index is -0.602. The lowest BCUT2D eigenvalue weighted by Crippen LogP contribution is -2.38. The summed E-state index contributed by atoms with van der Waals surface area (Å²) in [5.41, 5.74) is 0. The highest BCUT2D eigenvalue weighted by Gasteiger charge is 2.35. The number of carbonyl (C=O) groups excluding carboxylic acids is 1. The topological polar surface area (TPSA) is 46.5 Å². The van der Waals surface area contributed by atoms with Gasteiger partial charge in [0.1, 0.15) is 0 Å². The third-order valence-corrected chi connectivity index (χ3v) is 5.41. The fraction of sp³-hybridized carbons (Fsp3) is 0.938. The average molecular weight is 398 g/mol. The van der Waals surface area contributed by atoms with Gasteiger partial charge in [-0.05, 0) is 19.3 Å². The standard InChI is InChI=1S/C16H31IO3/c1-4-7-10-16(17,11-8-5-2)14(18)13-15(19)20-12-9-6-3/h14,18H,4-13H2,1-3H3. The highest BCUT2D eigenvalue weighted by atomic mass is 127.